The molecule has 0 unspecified atom stereocenters. The minimum atomic E-state index is -0.289. The van der Waals surface area contributed by atoms with E-state index in [2.05, 4.69) is 15.6 Å². The number of hydrogen-bond donors (Lipinski definition) is 2. The van der Waals surface area contributed by atoms with Gasteiger partial charge in [0.05, 0.1) is 29.8 Å². The molecule has 0 atom stereocenters. The minimum Gasteiger partial charge on any atom is -0.462 e. The molecule has 33 heavy (non-hydrogen) atoms. The van der Waals surface area contributed by atoms with Gasteiger partial charge in [-0.15, -0.1) is 11.3 Å². The fourth-order valence-electron chi connectivity index (χ4n) is 3.54. The van der Waals surface area contributed by atoms with Crippen LogP contribution in [0.5, 0.6) is 0 Å². The maximum absolute atomic E-state index is 13.0. The van der Waals surface area contributed by atoms with E-state index in [1.807, 2.05) is 17.5 Å². The molecule has 2 aromatic heterocycles. The van der Waals surface area contributed by atoms with Crippen LogP contribution in [-0.2, 0) is 16.0 Å². The van der Waals surface area contributed by atoms with E-state index in [-0.39, 0.29) is 30.7 Å². The van der Waals surface area contributed by atoms with Crippen molar-refractivity contribution in [3.05, 3.63) is 83.6 Å². The number of nitrogens with one attached hydrogen (secondary N) is 2. The molecule has 2 N–H and O–H groups in total. The summed E-state index contributed by atoms with van der Waals surface area (Å²) in [7, 11) is 0. The van der Waals surface area contributed by atoms with Crippen LogP contribution in [0.3, 0.4) is 0 Å². The second-order valence-electron chi connectivity index (χ2n) is 7.38. The summed E-state index contributed by atoms with van der Waals surface area (Å²) in [5.74, 6) is -0.0843. The van der Waals surface area contributed by atoms with Crippen LogP contribution in [0.4, 0.5) is 17.1 Å². The van der Waals surface area contributed by atoms with Gasteiger partial charge in [-0.25, -0.2) is 4.98 Å². The Kier molecular flexibility index (Phi) is 5.45. The van der Waals surface area contributed by atoms with Crippen molar-refractivity contribution < 1.29 is 18.8 Å². The van der Waals surface area contributed by atoms with E-state index >= 15 is 0 Å². The van der Waals surface area contributed by atoms with Crippen LogP contribution in [0.15, 0.2) is 76.7 Å². The third kappa shape index (κ3) is 4.39. The first-order valence-corrected chi connectivity index (χ1v) is 11.0. The molecule has 9 heteroatoms. The van der Waals surface area contributed by atoms with Crippen LogP contribution in [0.25, 0.3) is 10.8 Å². The maximum Gasteiger partial charge on any atom is 0.258 e. The number of furan rings is 1. The summed E-state index contributed by atoms with van der Waals surface area (Å²) < 4.78 is 5.33. The van der Waals surface area contributed by atoms with E-state index in [4.69, 9.17) is 4.42 Å². The topological polar surface area (TPSA) is 105 Å². The number of benzene rings is 2. The quantitative estimate of drug-likeness (QED) is 0.467. The molecule has 0 saturated heterocycles. The lowest BCUT2D eigenvalue weighted by Crippen LogP contribution is -2.42. The van der Waals surface area contributed by atoms with Gasteiger partial charge < -0.3 is 15.1 Å². The van der Waals surface area contributed by atoms with Gasteiger partial charge in [0.2, 0.25) is 11.8 Å². The molecule has 3 heterocycles. The lowest BCUT2D eigenvalue weighted by molar-refractivity contribution is -0.116. The van der Waals surface area contributed by atoms with E-state index in [1.54, 1.807) is 54.8 Å². The SMILES string of the molecule is O=C(Cc1csc(-c2ccco2)n1)Nc1ccc(C(=O)N2CC(=O)Nc3ccccc32)cc1. The Balaban J connectivity index is 1.24. The summed E-state index contributed by atoms with van der Waals surface area (Å²) in [5, 5.41) is 8.13. The second-order valence-corrected chi connectivity index (χ2v) is 8.24. The normalized spacial score (nSPS) is 12.7. The van der Waals surface area contributed by atoms with Gasteiger partial charge >= 0.3 is 0 Å². The zero-order valence-corrected chi connectivity index (χ0v) is 18.1. The van der Waals surface area contributed by atoms with E-state index in [0.717, 1.165) is 5.01 Å². The molecule has 164 valence electrons. The zero-order chi connectivity index (χ0) is 22.8. The van der Waals surface area contributed by atoms with Crippen molar-refractivity contribution in [2.45, 2.75) is 6.42 Å². The van der Waals surface area contributed by atoms with Crippen molar-refractivity contribution in [1.29, 1.82) is 0 Å². The summed E-state index contributed by atoms with van der Waals surface area (Å²) in [6, 6.07) is 17.4. The average molecular weight is 458 g/mol. The van der Waals surface area contributed by atoms with Crippen molar-refractivity contribution in [2.24, 2.45) is 0 Å². The fourth-order valence-corrected chi connectivity index (χ4v) is 4.32. The summed E-state index contributed by atoms with van der Waals surface area (Å²) >= 11 is 1.41. The van der Waals surface area contributed by atoms with Gasteiger partial charge in [0.15, 0.2) is 10.8 Å². The fraction of sp³-hybridized carbons (Fsp3) is 0.0833. The van der Waals surface area contributed by atoms with Crippen LogP contribution in [0.2, 0.25) is 0 Å². The smallest absolute Gasteiger partial charge is 0.258 e. The Labute approximate surface area is 192 Å². The van der Waals surface area contributed by atoms with Crippen molar-refractivity contribution in [2.75, 3.05) is 22.1 Å². The molecule has 3 amide bonds. The molecule has 1 aliphatic heterocycles. The Hall–Kier alpha value is -4.24. The number of carbonyl (C=O) groups excluding carboxylic acids is 3. The highest BCUT2D eigenvalue weighted by atomic mass is 32.1. The number of nitrogens with zero attached hydrogens (tertiary/aromatic N) is 2. The number of anilines is 3. The van der Waals surface area contributed by atoms with E-state index in [0.29, 0.717) is 34.1 Å². The molecule has 0 fully saturated rings. The molecular formula is C24H18N4O4S. The number of thiazole rings is 1. The van der Waals surface area contributed by atoms with Crippen molar-refractivity contribution in [3.63, 3.8) is 0 Å². The van der Waals surface area contributed by atoms with Crippen LogP contribution < -0.4 is 15.5 Å². The predicted octanol–water partition coefficient (Wildman–Crippen LogP) is 4.18. The number of rotatable bonds is 5. The molecule has 4 aromatic rings. The summed E-state index contributed by atoms with van der Waals surface area (Å²) in [5.41, 5.74) is 2.88. The Morgan fingerprint density at radius 1 is 1.09 bits per heavy atom. The minimum absolute atomic E-state index is 0.0536. The Morgan fingerprint density at radius 3 is 2.70 bits per heavy atom. The van der Waals surface area contributed by atoms with Gasteiger partial charge in [0.25, 0.3) is 5.91 Å². The molecule has 0 aliphatic carbocycles. The van der Waals surface area contributed by atoms with E-state index < -0.39 is 0 Å². The Bertz CT molecular complexity index is 1330. The summed E-state index contributed by atoms with van der Waals surface area (Å²) in [4.78, 5) is 43.3. The van der Waals surface area contributed by atoms with Crippen LogP contribution in [0.1, 0.15) is 16.1 Å². The largest absolute Gasteiger partial charge is 0.462 e. The van der Waals surface area contributed by atoms with E-state index in [9.17, 15) is 14.4 Å². The number of carbonyl (C=O) groups is 3. The van der Waals surface area contributed by atoms with Crippen molar-refractivity contribution in [1.82, 2.24) is 4.98 Å². The molecule has 0 saturated carbocycles. The highest BCUT2D eigenvalue weighted by molar-refractivity contribution is 7.13. The predicted molar refractivity (Wildman–Crippen MR) is 125 cm³/mol. The number of para-hydroxylation sites is 2. The summed E-state index contributed by atoms with van der Waals surface area (Å²) in [6.07, 6.45) is 1.70. The number of amides is 3. The summed E-state index contributed by atoms with van der Waals surface area (Å²) in [6.45, 7) is -0.0536. The first kappa shape index (κ1) is 20.7. The monoisotopic (exact) mass is 458 g/mol. The third-order valence-corrected chi connectivity index (χ3v) is 5.96. The molecule has 0 bridgehead atoms. The number of fused-ring (bicyclic) bond motifs is 1. The second kappa shape index (κ2) is 8.71. The van der Waals surface area contributed by atoms with Crippen LogP contribution in [-0.4, -0.2) is 29.3 Å². The third-order valence-electron chi connectivity index (χ3n) is 5.06. The highest BCUT2D eigenvalue weighted by Crippen LogP contribution is 2.30. The Morgan fingerprint density at radius 2 is 1.91 bits per heavy atom. The van der Waals surface area contributed by atoms with Crippen molar-refractivity contribution >= 4 is 46.1 Å². The van der Waals surface area contributed by atoms with Gasteiger partial charge in [-0.3, -0.25) is 19.3 Å². The van der Waals surface area contributed by atoms with Gasteiger partial charge in [0.1, 0.15) is 6.54 Å². The number of hydrogen-bond acceptors (Lipinski definition) is 6. The number of aromatic nitrogens is 1. The first-order valence-electron chi connectivity index (χ1n) is 10.2. The lowest BCUT2D eigenvalue weighted by Gasteiger charge is -2.29. The molecule has 5 rings (SSSR count). The zero-order valence-electron chi connectivity index (χ0n) is 17.3. The average Bonchev–Trinajstić information content (AvgIpc) is 3.51. The maximum atomic E-state index is 13.0. The molecular weight excluding hydrogens is 440 g/mol. The highest BCUT2D eigenvalue weighted by Gasteiger charge is 2.27. The molecule has 0 radical (unpaired) electrons. The van der Waals surface area contributed by atoms with E-state index in [1.165, 1.54) is 16.2 Å². The molecule has 0 spiro atoms. The molecule has 1 aliphatic rings. The molecule has 2 aromatic carbocycles. The van der Waals surface area contributed by atoms with Crippen LogP contribution in [0, 0.1) is 0 Å². The molecule has 8 nitrogen and oxygen atoms in total. The van der Waals surface area contributed by atoms with Gasteiger partial charge in [-0.2, -0.15) is 0 Å². The van der Waals surface area contributed by atoms with Crippen LogP contribution >= 0.6 is 11.3 Å². The first-order chi connectivity index (χ1) is 16.1. The lowest BCUT2D eigenvalue weighted by atomic mass is 10.1. The van der Waals surface area contributed by atoms with Gasteiger partial charge in [0, 0.05) is 16.6 Å². The van der Waals surface area contributed by atoms with Gasteiger partial charge in [-0.05, 0) is 48.5 Å². The standard InChI is InChI=1S/C24H18N4O4S/c29-21(12-17-14-33-23(26-17)20-6-3-11-32-20)25-16-9-7-15(8-10-16)24(31)28-13-22(30)27-18-4-1-2-5-19(18)28/h1-11,14H,12-13H2,(H,25,29)(H,27,30). The van der Waals surface area contributed by atoms with Crippen molar-refractivity contribution in [3.8, 4) is 10.8 Å². The van der Waals surface area contributed by atoms with Gasteiger partial charge in [-0.1, -0.05) is 12.1 Å².